The minimum Gasteiger partial charge on any atom is -0.488 e. The smallest absolute Gasteiger partial charge is 0.292 e. The summed E-state index contributed by atoms with van der Waals surface area (Å²) in [5.74, 6) is -0.0617. The standard InChI is InChI=1S/C13H10BrFN2O3/c14-10-3-2-9(15)6-13(10)20-7-8-1-4-12(17(18)19)11(16)5-8/h1-6H,7,16H2. The first kappa shape index (κ1) is 14.3. The number of rotatable bonds is 4. The third-order valence-corrected chi connectivity index (χ3v) is 3.23. The fourth-order valence-electron chi connectivity index (χ4n) is 1.61. The van der Waals surface area contributed by atoms with Crippen LogP contribution in [0.4, 0.5) is 15.8 Å². The minimum atomic E-state index is -0.552. The number of nitrogens with zero attached hydrogens (tertiary/aromatic N) is 1. The van der Waals surface area contributed by atoms with Gasteiger partial charge in [0.15, 0.2) is 0 Å². The average Bonchev–Trinajstić information content (AvgIpc) is 2.39. The van der Waals surface area contributed by atoms with E-state index in [2.05, 4.69) is 15.9 Å². The summed E-state index contributed by atoms with van der Waals surface area (Å²) in [7, 11) is 0. The number of nitrogen functional groups attached to an aromatic ring is 1. The Kier molecular flexibility index (Phi) is 4.19. The van der Waals surface area contributed by atoms with Crippen LogP contribution in [0.5, 0.6) is 5.75 Å². The number of nitro groups is 1. The summed E-state index contributed by atoms with van der Waals surface area (Å²) < 4.78 is 19.1. The number of benzene rings is 2. The lowest BCUT2D eigenvalue weighted by molar-refractivity contribution is -0.383. The van der Waals surface area contributed by atoms with Gasteiger partial charge in [-0.15, -0.1) is 0 Å². The molecule has 0 unspecified atom stereocenters. The maximum absolute atomic E-state index is 13.1. The predicted molar refractivity (Wildman–Crippen MR) is 75.9 cm³/mol. The van der Waals surface area contributed by atoms with Gasteiger partial charge in [-0.25, -0.2) is 4.39 Å². The second-order valence-corrected chi connectivity index (χ2v) is 4.87. The molecule has 2 aromatic rings. The summed E-state index contributed by atoms with van der Waals surface area (Å²) >= 11 is 3.24. The fourth-order valence-corrected chi connectivity index (χ4v) is 1.97. The van der Waals surface area contributed by atoms with Gasteiger partial charge in [-0.1, -0.05) is 0 Å². The predicted octanol–water partition coefficient (Wildman–Crippen LogP) is 3.66. The lowest BCUT2D eigenvalue weighted by Gasteiger charge is -2.09. The highest BCUT2D eigenvalue weighted by Gasteiger charge is 2.11. The summed E-state index contributed by atoms with van der Waals surface area (Å²) in [6.45, 7) is 0.129. The first-order valence-electron chi connectivity index (χ1n) is 5.58. The van der Waals surface area contributed by atoms with Crippen molar-refractivity contribution in [3.8, 4) is 5.75 Å². The van der Waals surface area contributed by atoms with Crippen LogP contribution in [-0.4, -0.2) is 4.92 Å². The third kappa shape index (κ3) is 3.24. The zero-order valence-electron chi connectivity index (χ0n) is 10.2. The molecule has 104 valence electrons. The molecule has 0 bridgehead atoms. The maximum atomic E-state index is 13.1. The molecule has 5 nitrogen and oxygen atoms in total. The van der Waals surface area contributed by atoms with Crippen molar-refractivity contribution in [1.29, 1.82) is 0 Å². The van der Waals surface area contributed by atoms with Crippen LogP contribution in [0.25, 0.3) is 0 Å². The van der Waals surface area contributed by atoms with Crippen molar-refractivity contribution in [2.45, 2.75) is 6.61 Å². The maximum Gasteiger partial charge on any atom is 0.292 e. The van der Waals surface area contributed by atoms with E-state index in [1.54, 1.807) is 6.07 Å². The van der Waals surface area contributed by atoms with Crippen LogP contribution in [0.3, 0.4) is 0 Å². The molecule has 0 heterocycles. The van der Waals surface area contributed by atoms with Crippen molar-refractivity contribution in [1.82, 2.24) is 0 Å². The largest absolute Gasteiger partial charge is 0.488 e. The summed E-state index contributed by atoms with van der Waals surface area (Å²) in [6, 6.07) is 8.41. The van der Waals surface area contributed by atoms with Crippen LogP contribution in [0.1, 0.15) is 5.56 Å². The van der Waals surface area contributed by atoms with E-state index in [1.165, 1.54) is 30.3 Å². The number of halogens is 2. The number of ether oxygens (including phenoxy) is 1. The third-order valence-electron chi connectivity index (χ3n) is 2.58. The van der Waals surface area contributed by atoms with E-state index in [0.29, 0.717) is 15.8 Å². The Bertz CT molecular complexity index is 664. The van der Waals surface area contributed by atoms with E-state index in [4.69, 9.17) is 10.5 Å². The Morgan fingerprint density at radius 2 is 2.05 bits per heavy atom. The number of nitro benzene ring substituents is 1. The Labute approximate surface area is 122 Å². The van der Waals surface area contributed by atoms with Gasteiger partial charge in [-0.3, -0.25) is 10.1 Å². The highest BCUT2D eigenvalue weighted by Crippen LogP contribution is 2.27. The van der Waals surface area contributed by atoms with Crippen LogP contribution in [0, 0.1) is 15.9 Å². The molecule has 0 radical (unpaired) electrons. The second kappa shape index (κ2) is 5.87. The van der Waals surface area contributed by atoms with Crippen LogP contribution >= 0.6 is 15.9 Å². The van der Waals surface area contributed by atoms with E-state index in [-0.39, 0.29) is 18.0 Å². The van der Waals surface area contributed by atoms with Gasteiger partial charge in [-0.05, 0) is 45.8 Å². The summed E-state index contributed by atoms with van der Waals surface area (Å²) in [5.41, 5.74) is 6.15. The molecule has 0 spiro atoms. The summed E-state index contributed by atoms with van der Waals surface area (Å²) in [4.78, 5) is 10.1. The zero-order chi connectivity index (χ0) is 14.7. The molecule has 2 N–H and O–H groups in total. The van der Waals surface area contributed by atoms with Gasteiger partial charge in [0.05, 0.1) is 9.40 Å². The fraction of sp³-hybridized carbons (Fsp3) is 0.0769. The first-order valence-corrected chi connectivity index (χ1v) is 6.37. The topological polar surface area (TPSA) is 78.4 Å². The van der Waals surface area contributed by atoms with Gasteiger partial charge < -0.3 is 10.5 Å². The van der Waals surface area contributed by atoms with E-state index in [9.17, 15) is 14.5 Å². The van der Waals surface area contributed by atoms with Crippen molar-refractivity contribution in [2.24, 2.45) is 0 Å². The minimum absolute atomic E-state index is 0.0643. The normalized spacial score (nSPS) is 10.3. The van der Waals surface area contributed by atoms with Gasteiger partial charge in [0.2, 0.25) is 0 Å². The summed E-state index contributed by atoms with van der Waals surface area (Å²) in [5, 5.41) is 10.6. The lowest BCUT2D eigenvalue weighted by Crippen LogP contribution is -2.00. The SMILES string of the molecule is Nc1cc(COc2cc(F)ccc2Br)ccc1[N+](=O)[O-]. The number of nitrogens with two attached hydrogens (primary N) is 1. The van der Waals surface area contributed by atoms with Crippen LogP contribution < -0.4 is 10.5 Å². The van der Waals surface area contributed by atoms with E-state index >= 15 is 0 Å². The van der Waals surface area contributed by atoms with Gasteiger partial charge in [0.25, 0.3) is 5.69 Å². The van der Waals surface area contributed by atoms with Crippen molar-refractivity contribution in [2.75, 3.05) is 5.73 Å². The highest BCUT2D eigenvalue weighted by atomic mass is 79.9. The monoisotopic (exact) mass is 340 g/mol. The molecule has 0 saturated carbocycles. The Morgan fingerprint density at radius 3 is 2.70 bits per heavy atom. The quantitative estimate of drug-likeness (QED) is 0.523. The average molecular weight is 341 g/mol. The molecule has 0 saturated heterocycles. The molecule has 0 amide bonds. The summed E-state index contributed by atoms with van der Waals surface area (Å²) in [6.07, 6.45) is 0. The van der Waals surface area contributed by atoms with Crippen molar-refractivity contribution in [3.05, 3.63) is 62.4 Å². The molecule has 0 aromatic heterocycles. The molecular formula is C13H10BrFN2O3. The van der Waals surface area contributed by atoms with Gasteiger partial charge in [-0.2, -0.15) is 0 Å². The van der Waals surface area contributed by atoms with Crippen molar-refractivity contribution >= 4 is 27.3 Å². The van der Waals surface area contributed by atoms with Crippen molar-refractivity contribution < 1.29 is 14.1 Å². The van der Waals surface area contributed by atoms with Crippen molar-refractivity contribution in [3.63, 3.8) is 0 Å². The Morgan fingerprint density at radius 1 is 1.30 bits per heavy atom. The van der Waals surface area contributed by atoms with Crippen LogP contribution in [-0.2, 0) is 6.61 Å². The first-order chi connectivity index (χ1) is 9.47. The van der Waals surface area contributed by atoms with E-state index in [1.807, 2.05) is 0 Å². The molecule has 2 rings (SSSR count). The van der Waals surface area contributed by atoms with E-state index in [0.717, 1.165) is 0 Å². The molecular weight excluding hydrogens is 331 g/mol. The molecule has 0 fully saturated rings. The Hall–Kier alpha value is -2.15. The second-order valence-electron chi connectivity index (χ2n) is 4.01. The molecule has 2 aromatic carbocycles. The van der Waals surface area contributed by atoms with Gasteiger partial charge >= 0.3 is 0 Å². The number of hydrogen-bond donors (Lipinski definition) is 1. The van der Waals surface area contributed by atoms with Gasteiger partial charge in [0, 0.05) is 12.1 Å². The highest BCUT2D eigenvalue weighted by molar-refractivity contribution is 9.10. The molecule has 0 aliphatic carbocycles. The number of hydrogen-bond acceptors (Lipinski definition) is 4. The van der Waals surface area contributed by atoms with E-state index < -0.39 is 10.7 Å². The lowest BCUT2D eigenvalue weighted by atomic mass is 10.2. The molecule has 20 heavy (non-hydrogen) atoms. The van der Waals surface area contributed by atoms with Crippen LogP contribution in [0.2, 0.25) is 0 Å². The van der Waals surface area contributed by atoms with Crippen LogP contribution in [0.15, 0.2) is 40.9 Å². The molecule has 0 atom stereocenters. The molecule has 7 heteroatoms. The zero-order valence-corrected chi connectivity index (χ0v) is 11.8. The molecule has 0 aliphatic heterocycles. The Balaban J connectivity index is 2.13. The van der Waals surface area contributed by atoms with Gasteiger partial charge in [0.1, 0.15) is 23.9 Å². The molecule has 0 aliphatic rings. The number of anilines is 1.